The topological polar surface area (TPSA) is 63.8 Å². The van der Waals surface area contributed by atoms with Crippen LogP contribution < -0.4 is 11.1 Å². The fourth-order valence-electron chi connectivity index (χ4n) is 1.85. The molecular formula is C14H12N4. The van der Waals surface area contributed by atoms with Crippen LogP contribution in [0.4, 0.5) is 17.3 Å². The molecule has 18 heavy (non-hydrogen) atoms. The number of nitrogens with zero attached hydrogens (tertiary/aromatic N) is 2. The highest BCUT2D eigenvalue weighted by Gasteiger charge is 2.01. The summed E-state index contributed by atoms with van der Waals surface area (Å²) in [5.74, 6) is 0.971. The van der Waals surface area contributed by atoms with Gasteiger partial charge >= 0.3 is 0 Å². The standard InChI is InChI=1S/C14H12N4/c15-13-14(17-8-7-16-13)18-12-6-5-10-3-1-2-4-11(10)9-12/h1-9H,(H2,15,16)(H,17,18). The van der Waals surface area contributed by atoms with E-state index in [0.29, 0.717) is 11.6 Å². The molecule has 0 atom stereocenters. The van der Waals surface area contributed by atoms with E-state index in [0.717, 1.165) is 5.69 Å². The highest BCUT2D eigenvalue weighted by atomic mass is 15.0. The van der Waals surface area contributed by atoms with Gasteiger partial charge in [0.25, 0.3) is 0 Å². The molecule has 3 rings (SSSR count). The first-order chi connectivity index (χ1) is 8.83. The Hall–Kier alpha value is -2.62. The summed E-state index contributed by atoms with van der Waals surface area (Å²) in [6.45, 7) is 0. The number of fused-ring (bicyclic) bond motifs is 1. The van der Waals surface area contributed by atoms with Crippen LogP contribution in [-0.2, 0) is 0 Å². The lowest BCUT2D eigenvalue weighted by atomic mass is 10.1. The van der Waals surface area contributed by atoms with Gasteiger partial charge in [-0.1, -0.05) is 30.3 Å². The largest absolute Gasteiger partial charge is 0.381 e. The van der Waals surface area contributed by atoms with Crippen molar-refractivity contribution in [3.8, 4) is 0 Å². The number of nitrogen functional groups attached to an aromatic ring is 1. The van der Waals surface area contributed by atoms with Crippen LogP contribution in [-0.4, -0.2) is 9.97 Å². The fourth-order valence-corrected chi connectivity index (χ4v) is 1.85. The van der Waals surface area contributed by atoms with E-state index in [1.807, 2.05) is 18.2 Å². The van der Waals surface area contributed by atoms with Crippen molar-refractivity contribution < 1.29 is 0 Å². The van der Waals surface area contributed by atoms with E-state index in [-0.39, 0.29) is 0 Å². The van der Waals surface area contributed by atoms with Crippen molar-refractivity contribution >= 4 is 28.1 Å². The third-order valence-electron chi connectivity index (χ3n) is 2.74. The Bertz CT molecular complexity index is 694. The monoisotopic (exact) mass is 236 g/mol. The van der Waals surface area contributed by atoms with E-state index in [1.54, 1.807) is 12.4 Å². The van der Waals surface area contributed by atoms with Gasteiger partial charge < -0.3 is 11.1 Å². The summed E-state index contributed by atoms with van der Waals surface area (Å²) < 4.78 is 0. The summed E-state index contributed by atoms with van der Waals surface area (Å²) in [5, 5.41) is 5.54. The molecule has 0 unspecified atom stereocenters. The van der Waals surface area contributed by atoms with Crippen molar-refractivity contribution in [3.05, 3.63) is 54.9 Å². The van der Waals surface area contributed by atoms with Crippen LogP contribution in [0, 0.1) is 0 Å². The highest BCUT2D eigenvalue weighted by molar-refractivity contribution is 5.86. The van der Waals surface area contributed by atoms with Crippen LogP contribution in [0.3, 0.4) is 0 Å². The third kappa shape index (κ3) is 1.96. The highest BCUT2D eigenvalue weighted by Crippen LogP contribution is 2.22. The van der Waals surface area contributed by atoms with Crippen molar-refractivity contribution in [1.82, 2.24) is 9.97 Å². The molecule has 4 nitrogen and oxygen atoms in total. The zero-order valence-electron chi connectivity index (χ0n) is 9.67. The first kappa shape index (κ1) is 10.5. The zero-order chi connectivity index (χ0) is 12.4. The number of benzene rings is 2. The van der Waals surface area contributed by atoms with Gasteiger partial charge in [-0.15, -0.1) is 0 Å². The number of hydrogen-bond donors (Lipinski definition) is 2. The predicted octanol–water partition coefficient (Wildman–Crippen LogP) is 2.96. The minimum atomic E-state index is 0.394. The molecule has 0 aliphatic carbocycles. The van der Waals surface area contributed by atoms with Crippen LogP contribution >= 0.6 is 0 Å². The Labute approximate surface area is 104 Å². The number of nitrogens with two attached hydrogens (primary N) is 1. The second kappa shape index (κ2) is 4.33. The van der Waals surface area contributed by atoms with E-state index in [1.165, 1.54) is 10.8 Å². The Morgan fingerprint density at radius 2 is 1.67 bits per heavy atom. The van der Waals surface area contributed by atoms with Gasteiger partial charge in [0.2, 0.25) is 0 Å². The molecule has 3 N–H and O–H groups in total. The van der Waals surface area contributed by atoms with E-state index in [4.69, 9.17) is 5.73 Å². The summed E-state index contributed by atoms with van der Waals surface area (Å²) >= 11 is 0. The van der Waals surface area contributed by atoms with Gasteiger partial charge in [0.15, 0.2) is 11.6 Å². The van der Waals surface area contributed by atoms with Crippen LogP contribution in [0.25, 0.3) is 10.8 Å². The second-order valence-electron chi connectivity index (χ2n) is 3.98. The molecule has 0 aliphatic rings. The number of hydrogen-bond acceptors (Lipinski definition) is 4. The van der Waals surface area contributed by atoms with Gasteiger partial charge in [-0.05, 0) is 22.9 Å². The average Bonchev–Trinajstić information content (AvgIpc) is 2.41. The molecule has 0 saturated heterocycles. The van der Waals surface area contributed by atoms with E-state index >= 15 is 0 Å². The molecule has 0 aliphatic heterocycles. The molecule has 4 heteroatoms. The SMILES string of the molecule is Nc1nccnc1Nc1ccc2ccccc2c1. The van der Waals surface area contributed by atoms with Crippen LogP contribution in [0.2, 0.25) is 0 Å². The molecule has 0 amide bonds. The lowest BCUT2D eigenvalue weighted by Gasteiger charge is -2.08. The third-order valence-corrected chi connectivity index (χ3v) is 2.74. The summed E-state index contributed by atoms with van der Waals surface area (Å²) in [4.78, 5) is 8.15. The van der Waals surface area contributed by atoms with Gasteiger partial charge in [0, 0.05) is 18.1 Å². The number of aromatic nitrogens is 2. The molecule has 88 valence electrons. The number of anilines is 3. The van der Waals surface area contributed by atoms with Crippen molar-refractivity contribution in [2.24, 2.45) is 0 Å². The fraction of sp³-hybridized carbons (Fsp3) is 0. The van der Waals surface area contributed by atoms with Crippen molar-refractivity contribution in [3.63, 3.8) is 0 Å². The number of rotatable bonds is 2. The van der Waals surface area contributed by atoms with E-state index in [2.05, 4.69) is 39.6 Å². The van der Waals surface area contributed by atoms with E-state index < -0.39 is 0 Å². The van der Waals surface area contributed by atoms with Gasteiger partial charge in [0.05, 0.1) is 0 Å². The Balaban J connectivity index is 1.98. The normalized spacial score (nSPS) is 10.4. The molecule has 1 aromatic heterocycles. The molecule has 0 spiro atoms. The summed E-state index contributed by atoms with van der Waals surface area (Å²) in [6, 6.07) is 14.3. The van der Waals surface area contributed by atoms with Crippen LogP contribution in [0.1, 0.15) is 0 Å². The molecule has 0 radical (unpaired) electrons. The smallest absolute Gasteiger partial charge is 0.173 e. The first-order valence-electron chi connectivity index (χ1n) is 5.65. The maximum atomic E-state index is 5.74. The zero-order valence-corrected chi connectivity index (χ0v) is 9.67. The summed E-state index contributed by atoms with van der Waals surface area (Å²) in [7, 11) is 0. The molecule has 0 fully saturated rings. The van der Waals surface area contributed by atoms with Gasteiger partial charge in [0.1, 0.15) is 0 Å². The van der Waals surface area contributed by atoms with Crippen molar-refractivity contribution in [1.29, 1.82) is 0 Å². The average molecular weight is 236 g/mol. The molecular weight excluding hydrogens is 224 g/mol. The lowest BCUT2D eigenvalue weighted by Crippen LogP contribution is -2.00. The van der Waals surface area contributed by atoms with Crippen LogP contribution in [0.5, 0.6) is 0 Å². The predicted molar refractivity (Wildman–Crippen MR) is 73.7 cm³/mol. The minimum absolute atomic E-state index is 0.394. The maximum absolute atomic E-state index is 5.74. The van der Waals surface area contributed by atoms with Gasteiger partial charge in [-0.2, -0.15) is 0 Å². The molecule has 0 saturated carbocycles. The van der Waals surface area contributed by atoms with Crippen LogP contribution in [0.15, 0.2) is 54.9 Å². The minimum Gasteiger partial charge on any atom is -0.381 e. The molecule has 3 aromatic rings. The Morgan fingerprint density at radius 3 is 2.50 bits per heavy atom. The lowest BCUT2D eigenvalue weighted by molar-refractivity contribution is 1.21. The van der Waals surface area contributed by atoms with E-state index in [9.17, 15) is 0 Å². The Kier molecular flexibility index (Phi) is 2.53. The summed E-state index contributed by atoms with van der Waals surface area (Å²) in [5.41, 5.74) is 6.69. The van der Waals surface area contributed by atoms with Crippen molar-refractivity contribution in [2.45, 2.75) is 0 Å². The van der Waals surface area contributed by atoms with Gasteiger partial charge in [-0.25, -0.2) is 9.97 Å². The maximum Gasteiger partial charge on any atom is 0.173 e. The first-order valence-corrected chi connectivity index (χ1v) is 5.65. The quantitative estimate of drug-likeness (QED) is 0.718. The van der Waals surface area contributed by atoms with Gasteiger partial charge in [-0.3, -0.25) is 0 Å². The second-order valence-corrected chi connectivity index (χ2v) is 3.98. The number of nitrogens with one attached hydrogen (secondary N) is 1. The molecule has 0 bridgehead atoms. The molecule has 2 aromatic carbocycles. The molecule has 1 heterocycles. The van der Waals surface area contributed by atoms with Crippen molar-refractivity contribution in [2.75, 3.05) is 11.1 Å². The summed E-state index contributed by atoms with van der Waals surface area (Å²) in [6.07, 6.45) is 3.18. The Morgan fingerprint density at radius 1 is 0.889 bits per heavy atom.